The van der Waals surface area contributed by atoms with Crippen molar-refractivity contribution >= 4 is 5.91 Å². The van der Waals surface area contributed by atoms with Crippen LogP contribution in [0, 0.1) is 20.8 Å². The lowest BCUT2D eigenvalue weighted by atomic mass is 9.97. The lowest BCUT2D eigenvalue weighted by Crippen LogP contribution is -2.40. The standard InChI is InChI=1S/C17H24N4O2/c1-11-8-18-20(9-11)10-15-6-5-7-21(15)17(22)12(2)16-13(3)19-23-14(16)4/h8-9,12,15H,5-7,10H2,1-4H3. The van der Waals surface area contributed by atoms with Crippen LogP contribution in [0.15, 0.2) is 16.9 Å². The van der Waals surface area contributed by atoms with E-state index in [0.29, 0.717) is 0 Å². The number of aromatic nitrogens is 3. The monoisotopic (exact) mass is 316 g/mol. The van der Waals surface area contributed by atoms with Crippen molar-refractivity contribution in [2.45, 2.75) is 59.0 Å². The summed E-state index contributed by atoms with van der Waals surface area (Å²) in [4.78, 5) is 15.0. The summed E-state index contributed by atoms with van der Waals surface area (Å²) in [5, 5.41) is 8.33. The third-order valence-electron chi connectivity index (χ3n) is 4.71. The minimum atomic E-state index is -0.221. The molecule has 0 N–H and O–H groups in total. The van der Waals surface area contributed by atoms with E-state index in [4.69, 9.17) is 4.52 Å². The first-order valence-electron chi connectivity index (χ1n) is 8.19. The van der Waals surface area contributed by atoms with Crippen LogP contribution in [-0.2, 0) is 11.3 Å². The molecule has 1 aliphatic rings. The van der Waals surface area contributed by atoms with Crippen LogP contribution in [0.3, 0.4) is 0 Å². The first-order chi connectivity index (χ1) is 11.0. The van der Waals surface area contributed by atoms with E-state index in [1.54, 1.807) is 0 Å². The van der Waals surface area contributed by atoms with E-state index in [1.807, 2.05) is 49.7 Å². The smallest absolute Gasteiger partial charge is 0.230 e. The Morgan fingerprint density at radius 3 is 2.83 bits per heavy atom. The van der Waals surface area contributed by atoms with Gasteiger partial charge in [0.05, 0.1) is 30.4 Å². The second-order valence-corrected chi connectivity index (χ2v) is 6.53. The fourth-order valence-electron chi connectivity index (χ4n) is 3.58. The maximum Gasteiger partial charge on any atom is 0.230 e. The van der Waals surface area contributed by atoms with Crippen LogP contribution in [0.25, 0.3) is 0 Å². The van der Waals surface area contributed by atoms with Crippen LogP contribution in [0.5, 0.6) is 0 Å². The number of nitrogens with zero attached hydrogens (tertiary/aromatic N) is 4. The van der Waals surface area contributed by atoms with Crippen molar-refractivity contribution in [1.29, 1.82) is 0 Å². The van der Waals surface area contributed by atoms with Gasteiger partial charge in [0.25, 0.3) is 0 Å². The lowest BCUT2D eigenvalue weighted by molar-refractivity contribution is -0.133. The summed E-state index contributed by atoms with van der Waals surface area (Å²) >= 11 is 0. The molecule has 0 radical (unpaired) electrons. The maximum absolute atomic E-state index is 13.0. The van der Waals surface area contributed by atoms with Gasteiger partial charge < -0.3 is 9.42 Å². The van der Waals surface area contributed by atoms with E-state index < -0.39 is 0 Å². The van der Waals surface area contributed by atoms with Crippen molar-refractivity contribution in [3.8, 4) is 0 Å². The highest BCUT2D eigenvalue weighted by Gasteiger charge is 2.34. The number of carbonyl (C=O) groups excluding carboxylic acids is 1. The van der Waals surface area contributed by atoms with Gasteiger partial charge in [0.15, 0.2) is 0 Å². The van der Waals surface area contributed by atoms with E-state index in [2.05, 4.69) is 10.3 Å². The average Bonchev–Trinajstić information content (AvgIpc) is 3.21. The molecule has 1 fully saturated rings. The number of hydrogen-bond acceptors (Lipinski definition) is 4. The minimum absolute atomic E-state index is 0.158. The van der Waals surface area contributed by atoms with Crippen LogP contribution in [-0.4, -0.2) is 38.3 Å². The van der Waals surface area contributed by atoms with Gasteiger partial charge in [0.2, 0.25) is 5.91 Å². The molecule has 1 aliphatic heterocycles. The predicted octanol–water partition coefficient (Wildman–Crippen LogP) is 2.59. The molecule has 2 aromatic rings. The molecule has 2 aromatic heterocycles. The molecule has 6 nitrogen and oxygen atoms in total. The van der Waals surface area contributed by atoms with Crippen molar-refractivity contribution in [3.63, 3.8) is 0 Å². The van der Waals surface area contributed by atoms with Gasteiger partial charge in [-0.2, -0.15) is 5.10 Å². The molecule has 1 amide bonds. The molecule has 124 valence electrons. The molecule has 3 heterocycles. The molecule has 0 bridgehead atoms. The van der Waals surface area contributed by atoms with Gasteiger partial charge >= 0.3 is 0 Å². The summed E-state index contributed by atoms with van der Waals surface area (Å²) in [5.41, 5.74) is 2.88. The normalized spacial score (nSPS) is 19.3. The Morgan fingerprint density at radius 2 is 2.22 bits per heavy atom. The van der Waals surface area contributed by atoms with Gasteiger partial charge in [-0.05, 0) is 46.1 Å². The Bertz CT molecular complexity index is 684. The lowest BCUT2D eigenvalue weighted by Gasteiger charge is -2.27. The van der Waals surface area contributed by atoms with Gasteiger partial charge in [-0.3, -0.25) is 9.48 Å². The van der Waals surface area contributed by atoms with Gasteiger partial charge in [0, 0.05) is 18.3 Å². The molecule has 0 saturated carbocycles. The number of hydrogen-bond donors (Lipinski definition) is 0. The van der Waals surface area contributed by atoms with Crippen LogP contribution in [0.1, 0.15) is 48.3 Å². The average molecular weight is 316 g/mol. The van der Waals surface area contributed by atoms with Crippen LogP contribution in [0.4, 0.5) is 0 Å². The Labute approximate surface area is 136 Å². The van der Waals surface area contributed by atoms with Crippen molar-refractivity contribution in [2.24, 2.45) is 0 Å². The SMILES string of the molecule is Cc1cnn(CC2CCCN2C(=O)C(C)c2c(C)noc2C)c1. The molecule has 0 spiro atoms. The molecule has 23 heavy (non-hydrogen) atoms. The van der Waals surface area contributed by atoms with E-state index in [1.165, 1.54) is 0 Å². The van der Waals surface area contributed by atoms with Crippen molar-refractivity contribution in [1.82, 2.24) is 19.8 Å². The van der Waals surface area contributed by atoms with E-state index in [0.717, 1.165) is 48.5 Å². The van der Waals surface area contributed by atoms with Crippen molar-refractivity contribution < 1.29 is 9.32 Å². The molecule has 0 aliphatic carbocycles. The van der Waals surface area contributed by atoms with E-state index >= 15 is 0 Å². The van der Waals surface area contributed by atoms with E-state index in [9.17, 15) is 4.79 Å². The second kappa shape index (κ2) is 6.18. The fourth-order valence-corrected chi connectivity index (χ4v) is 3.58. The summed E-state index contributed by atoms with van der Waals surface area (Å²) in [7, 11) is 0. The fraction of sp³-hybridized carbons (Fsp3) is 0.588. The van der Waals surface area contributed by atoms with Crippen LogP contribution >= 0.6 is 0 Å². The summed E-state index contributed by atoms with van der Waals surface area (Å²) in [6.45, 7) is 9.31. The highest BCUT2D eigenvalue weighted by atomic mass is 16.5. The largest absolute Gasteiger partial charge is 0.361 e. The first-order valence-corrected chi connectivity index (χ1v) is 8.19. The highest BCUT2D eigenvalue weighted by molar-refractivity contribution is 5.84. The number of amides is 1. The molecular weight excluding hydrogens is 292 g/mol. The molecule has 3 rings (SSSR count). The number of aryl methyl sites for hydroxylation is 3. The Morgan fingerprint density at radius 1 is 1.43 bits per heavy atom. The second-order valence-electron chi connectivity index (χ2n) is 6.53. The zero-order chi connectivity index (χ0) is 16.6. The number of rotatable bonds is 4. The molecule has 1 saturated heterocycles. The first kappa shape index (κ1) is 15.8. The van der Waals surface area contributed by atoms with Gasteiger partial charge in [-0.15, -0.1) is 0 Å². The molecule has 6 heteroatoms. The summed E-state index contributed by atoms with van der Waals surface area (Å²) < 4.78 is 7.16. The summed E-state index contributed by atoms with van der Waals surface area (Å²) in [5.74, 6) is 0.675. The van der Waals surface area contributed by atoms with Crippen LogP contribution < -0.4 is 0 Å². The molecule has 2 atom stereocenters. The van der Waals surface area contributed by atoms with Gasteiger partial charge in [-0.25, -0.2) is 0 Å². The molecule has 0 aromatic carbocycles. The minimum Gasteiger partial charge on any atom is -0.361 e. The molecule has 2 unspecified atom stereocenters. The third-order valence-corrected chi connectivity index (χ3v) is 4.71. The maximum atomic E-state index is 13.0. The van der Waals surface area contributed by atoms with Crippen LogP contribution in [0.2, 0.25) is 0 Å². The number of likely N-dealkylation sites (tertiary alicyclic amines) is 1. The highest BCUT2D eigenvalue weighted by Crippen LogP contribution is 2.28. The Hall–Kier alpha value is -2.11. The number of carbonyl (C=O) groups is 1. The zero-order valence-electron chi connectivity index (χ0n) is 14.2. The van der Waals surface area contributed by atoms with E-state index in [-0.39, 0.29) is 17.9 Å². The zero-order valence-corrected chi connectivity index (χ0v) is 14.2. The topological polar surface area (TPSA) is 64.2 Å². The summed E-state index contributed by atoms with van der Waals surface area (Å²) in [6, 6.07) is 0.213. The van der Waals surface area contributed by atoms with Crippen molar-refractivity contribution in [2.75, 3.05) is 6.54 Å². The van der Waals surface area contributed by atoms with Crippen molar-refractivity contribution in [3.05, 3.63) is 35.0 Å². The quantitative estimate of drug-likeness (QED) is 0.869. The predicted molar refractivity (Wildman–Crippen MR) is 86.1 cm³/mol. The summed E-state index contributed by atoms with van der Waals surface area (Å²) in [6.07, 6.45) is 5.95. The molecular formula is C17H24N4O2. The van der Waals surface area contributed by atoms with Gasteiger partial charge in [-0.1, -0.05) is 5.16 Å². The Balaban J connectivity index is 1.75. The Kier molecular flexibility index (Phi) is 4.24. The van der Waals surface area contributed by atoms with Gasteiger partial charge in [0.1, 0.15) is 5.76 Å². The third kappa shape index (κ3) is 3.02.